The molecule has 6 rings (SSSR count). The van der Waals surface area contributed by atoms with Gasteiger partial charge in [0.15, 0.2) is 11.3 Å². The Bertz CT molecular complexity index is 1710. The Labute approximate surface area is 223 Å². The summed E-state index contributed by atoms with van der Waals surface area (Å²) in [5.74, 6) is 0. The first-order chi connectivity index (χ1) is 17.8. The van der Waals surface area contributed by atoms with Gasteiger partial charge in [-0.2, -0.15) is 0 Å². The van der Waals surface area contributed by atoms with Gasteiger partial charge in [0.05, 0.1) is 12.2 Å². The van der Waals surface area contributed by atoms with E-state index in [1.165, 1.54) is 59.1 Å². The summed E-state index contributed by atoms with van der Waals surface area (Å²) in [4.78, 5) is 0. The highest BCUT2D eigenvalue weighted by atomic mass is 32.1. The number of thiophene rings is 1. The lowest BCUT2D eigenvalue weighted by molar-refractivity contribution is -0.417. The molecule has 1 aromatic heterocycles. The highest BCUT2D eigenvalue weighted by Crippen LogP contribution is 2.45. The van der Waals surface area contributed by atoms with Crippen LogP contribution < -0.4 is 0 Å². The van der Waals surface area contributed by atoms with Crippen LogP contribution in [0.5, 0.6) is 0 Å². The van der Waals surface area contributed by atoms with Crippen molar-refractivity contribution in [2.75, 3.05) is 0 Å². The van der Waals surface area contributed by atoms with Gasteiger partial charge in [-0.05, 0) is 34.1 Å². The van der Waals surface area contributed by atoms with Crippen molar-refractivity contribution in [3.8, 4) is 11.1 Å². The lowest BCUT2D eigenvalue weighted by atomic mass is 9.86. The quantitative estimate of drug-likeness (QED) is 0.133. The molecule has 2 heterocycles. The summed E-state index contributed by atoms with van der Waals surface area (Å²) in [5, 5.41) is 2.62. The van der Waals surface area contributed by atoms with Crippen molar-refractivity contribution in [2.45, 2.75) is 33.1 Å². The molecular weight excluding hydrogens is 466 g/mol. The molecule has 0 saturated carbocycles. The molecule has 0 unspecified atom stereocenters. The minimum absolute atomic E-state index is 0.145. The molecule has 1 aliphatic rings. The summed E-state index contributed by atoms with van der Waals surface area (Å²) in [6.45, 7) is 13.3. The van der Waals surface area contributed by atoms with E-state index in [1.54, 1.807) is 0 Å². The molecule has 4 aromatic carbocycles. The van der Waals surface area contributed by atoms with Crippen LogP contribution in [0.2, 0.25) is 0 Å². The molecule has 5 aromatic rings. The Morgan fingerprint density at radius 3 is 2.30 bits per heavy atom. The summed E-state index contributed by atoms with van der Waals surface area (Å²) >= 11 is 1.90. The van der Waals surface area contributed by atoms with Crippen LogP contribution in [-0.2, 0) is 5.41 Å². The zero-order valence-corrected chi connectivity index (χ0v) is 22.7. The van der Waals surface area contributed by atoms with E-state index in [-0.39, 0.29) is 5.41 Å². The van der Waals surface area contributed by atoms with Gasteiger partial charge >= 0.3 is 0 Å². The Hall–Kier alpha value is -3.88. The average molecular weight is 498 g/mol. The van der Waals surface area contributed by atoms with Crippen molar-refractivity contribution in [1.82, 2.24) is 0 Å². The molecule has 0 atom stereocenters. The van der Waals surface area contributed by atoms with Crippen molar-refractivity contribution in [3.05, 3.63) is 132 Å². The maximum Gasteiger partial charge on any atom is 0.231 e. The van der Waals surface area contributed by atoms with Crippen LogP contribution in [0.1, 0.15) is 43.0 Å². The van der Waals surface area contributed by atoms with Crippen LogP contribution in [0.15, 0.2) is 103 Å². The molecule has 1 nitrogen and oxygen atoms in total. The summed E-state index contributed by atoms with van der Waals surface area (Å²) in [6.07, 6.45) is 6.50. The van der Waals surface area contributed by atoms with E-state index in [0.29, 0.717) is 0 Å². The second-order valence-electron chi connectivity index (χ2n) is 10.9. The van der Waals surface area contributed by atoms with Crippen molar-refractivity contribution in [1.29, 1.82) is 0 Å². The number of allylic oxidation sites excluding steroid dienone is 2. The Morgan fingerprint density at radius 1 is 0.811 bits per heavy atom. The number of aryl methyl sites for hydroxylation is 1. The molecule has 37 heavy (non-hydrogen) atoms. The van der Waals surface area contributed by atoms with Crippen molar-refractivity contribution >= 4 is 43.8 Å². The van der Waals surface area contributed by atoms with Crippen molar-refractivity contribution in [3.63, 3.8) is 0 Å². The molecule has 0 amide bonds. The predicted molar refractivity (Wildman–Crippen MR) is 161 cm³/mol. The van der Waals surface area contributed by atoms with Crippen LogP contribution in [0.25, 0.3) is 36.9 Å². The van der Waals surface area contributed by atoms with Gasteiger partial charge in [0, 0.05) is 17.7 Å². The first-order valence-electron chi connectivity index (χ1n) is 12.8. The SMILES string of the molecule is C=[N+]1C=CC(c2ccccc2)=C[C-]1c1c(C)ccc2c3cccc(-c4ccc(C(C)(C)C)cc4)c3[s+][c-]12. The third kappa shape index (κ3) is 4.12. The highest BCUT2D eigenvalue weighted by molar-refractivity contribution is 7.26. The minimum Gasteiger partial charge on any atom is -0.336 e. The van der Waals surface area contributed by atoms with Gasteiger partial charge in [-0.1, -0.05) is 112 Å². The van der Waals surface area contributed by atoms with Crippen LogP contribution in [0.3, 0.4) is 0 Å². The van der Waals surface area contributed by atoms with Gasteiger partial charge in [-0.25, -0.2) is 0 Å². The fourth-order valence-corrected chi connectivity index (χ4v) is 6.65. The molecule has 182 valence electrons. The zero-order valence-electron chi connectivity index (χ0n) is 21.9. The van der Waals surface area contributed by atoms with E-state index in [4.69, 9.17) is 0 Å². The number of nitrogens with zero attached hydrogens (tertiary/aromatic N) is 1. The molecule has 0 saturated heterocycles. The molecule has 0 bridgehead atoms. The Morgan fingerprint density at radius 2 is 1.57 bits per heavy atom. The van der Waals surface area contributed by atoms with E-state index >= 15 is 0 Å². The van der Waals surface area contributed by atoms with E-state index in [1.807, 2.05) is 15.9 Å². The Kier molecular flexibility index (Phi) is 5.66. The molecule has 2 heteroatoms. The summed E-state index contributed by atoms with van der Waals surface area (Å²) < 4.78 is 4.66. The average Bonchev–Trinajstić information content (AvgIpc) is 3.28. The van der Waals surface area contributed by atoms with Gasteiger partial charge in [0.1, 0.15) is 4.70 Å². The van der Waals surface area contributed by atoms with Gasteiger partial charge in [-0.3, -0.25) is 0 Å². The summed E-state index contributed by atoms with van der Waals surface area (Å²) in [7, 11) is 0. The summed E-state index contributed by atoms with van der Waals surface area (Å²) in [5.41, 5.74) is 9.00. The van der Waals surface area contributed by atoms with E-state index in [2.05, 4.69) is 138 Å². The van der Waals surface area contributed by atoms with Crippen molar-refractivity contribution in [2.24, 2.45) is 0 Å². The molecule has 0 fully saturated rings. The molecule has 0 spiro atoms. The lowest BCUT2D eigenvalue weighted by Crippen LogP contribution is -2.15. The molecule has 0 radical (unpaired) electrons. The van der Waals surface area contributed by atoms with Crippen LogP contribution in [0, 0.1) is 13.0 Å². The van der Waals surface area contributed by atoms with Gasteiger partial charge in [0.25, 0.3) is 0 Å². The Balaban J connectivity index is 1.53. The third-order valence-electron chi connectivity index (χ3n) is 7.34. The van der Waals surface area contributed by atoms with Crippen molar-refractivity contribution < 1.29 is 4.58 Å². The van der Waals surface area contributed by atoms with Crippen LogP contribution >= 0.6 is 11.3 Å². The van der Waals surface area contributed by atoms with Gasteiger partial charge < -0.3 is 4.58 Å². The predicted octanol–water partition coefficient (Wildman–Crippen LogP) is 9.53. The van der Waals surface area contributed by atoms with Crippen LogP contribution in [-0.4, -0.2) is 11.3 Å². The van der Waals surface area contributed by atoms with E-state index in [9.17, 15) is 0 Å². The first-order valence-corrected chi connectivity index (χ1v) is 13.6. The monoisotopic (exact) mass is 497 g/mol. The van der Waals surface area contributed by atoms with Gasteiger partial charge in [0.2, 0.25) is 4.70 Å². The molecule has 0 N–H and O–H groups in total. The lowest BCUT2D eigenvalue weighted by Gasteiger charge is -2.27. The number of rotatable bonds is 3. The maximum absolute atomic E-state index is 4.35. The third-order valence-corrected chi connectivity index (χ3v) is 8.61. The van der Waals surface area contributed by atoms with E-state index < -0.39 is 0 Å². The fraction of sp³-hybridized carbons (Fsp3) is 0.143. The smallest absolute Gasteiger partial charge is 0.231 e. The number of fused-ring (bicyclic) bond motifs is 3. The largest absolute Gasteiger partial charge is 0.336 e. The fourth-order valence-electron chi connectivity index (χ4n) is 5.21. The first kappa shape index (κ1) is 23.5. The second kappa shape index (κ2) is 8.90. The normalized spacial score (nSPS) is 14.0. The van der Waals surface area contributed by atoms with E-state index in [0.717, 1.165) is 6.04 Å². The number of benzene rings is 4. The van der Waals surface area contributed by atoms with Crippen LogP contribution in [0.4, 0.5) is 0 Å². The molecular formula is C35H31NS. The summed E-state index contributed by atoms with van der Waals surface area (Å²) in [6, 6.07) is 32.1. The topological polar surface area (TPSA) is 3.01 Å². The molecule has 0 aliphatic carbocycles. The minimum atomic E-state index is 0.145. The molecule has 1 aliphatic heterocycles. The van der Waals surface area contributed by atoms with Gasteiger partial charge in [-0.15, -0.1) is 23.3 Å². The highest BCUT2D eigenvalue weighted by Gasteiger charge is 2.25. The maximum atomic E-state index is 4.35. The second-order valence-corrected chi connectivity index (χ2v) is 11.9. The zero-order chi connectivity index (χ0) is 25.7. The number of hydrogen-bond acceptors (Lipinski definition) is 0. The number of hydrogen-bond donors (Lipinski definition) is 0. The standard InChI is InChI=1S/C35H31NS/c1-23-14-19-30-29-13-9-12-28(25-15-17-27(18-16-25)35(2,3)4)33(29)37-34(30)32(23)31-22-26(20-21-36(31)5)24-10-7-6-8-11-24/h6-22H,5H2,1-4H3.